The topological polar surface area (TPSA) is 23.5 Å². The highest BCUT2D eigenvalue weighted by Crippen LogP contribution is 2.26. The fraction of sp³-hybridized carbons (Fsp3) is 1.00. The van der Waals surface area contributed by atoms with Crippen LogP contribution in [0, 0.1) is 5.92 Å². The molecule has 0 aromatic heterocycles. The molecule has 0 aromatic rings. The molecular weight excluding hydrogens is 162 g/mol. The molecule has 0 saturated carbocycles. The van der Waals surface area contributed by atoms with E-state index in [1.165, 1.54) is 12.8 Å². The molecule has 0 bridgehead atoms. The van der Waals surface area contributed by atoms with E-state index in [9.17, 15) is 0 Å². The monoisotopic (exact) mass is 185 g/mol. The van der Waals surface area contributed by atoms with Gasteiger partial charge in [-0.25, -0.2) is 0 Å². The molecule has 0 spiro atoms. The summed E-state index contributed by atoms with van der Waals surface area (Å²) in [5, 5.41) is 8.79. The molecule has 13 heavy (non-hydrogen) atoms. The number of hydrogen-bond acceptors (Lipinski definition) is 2. The van der Waals surface area contributed by atoms with Gasteiger partial charge in [-0.15, -0.1) is 0 Å². The summed E-state index contributed by atoms with van der Waals surface area (Å²) in [5.74, 6) is 0.871. The third-order valence-corrected chi connectivity index (χ3v) is 3.19. The van der Waals surface area contributed by atoms with Crippen molar-refractivity contribution in [2.45, 2.75) is 52.1 Å². The number of piperidine rings is 1. The smallest absolute Gasteiger partial charge is 0.0443 e. The van der Waals surface area contributed by atoms with E-state index in [-0.39, 0.29) is 0 Å². The van der Waals surface area contributed by atoms with Crippen LogP contribution in [0.25, 0.3) is 0 Å². The number of aliphatic hydroxyl groups is 1. The van der Waals surface area contributed by atoms with Gasteiger partial charge in [-0.05, 0) is 39.0 Å². The zero-order valence-electron chi connectivity index (χ0n) is 9.16. The first-order chi connectivity index (χ1) is 6.15. The Morgan fingerprint density at radius 2 is 1.69 bits per heavy atom. The van der Waals surface area contributed by atoms with E-state index >= 15 is 0 Å². The molecule has 2 atom stereocenters. The Balaban J connectivity index is 2.41. The van der Waals surface area contributed by atoms with E-state index < -0.39 is 0 Å². The highest BCUT2D eigenvalue weighted by molar-refractivity contribution is 4.82. The quantitative estimate of drug-likeness (QED) is 0.725. The molecule has 2 unspecified atom stereocenters. The first kappa shape index (κ1) is 11.0. The van der Waals surface area contributed by atoms with E-state index in [4.69, 9.17) is 5.11 Å². The zero-order chi connectivity index (χ0) is 9.84. The van der Waals surface area contributed by atoms with Crippen LogP contribution in [0.1, 0.15) is 40.0 Å². The van der Waals surface area contributed by atoms with Gasteiger partial charge in [-0.1, -0.05) is 6.92 Å². The summed E-state index contributed by atoms with van der Waals surface area (Å²) in [6.07, 6.45) is 3.55. The van der Waals surface area contributed by atoms with Crippen LogP contribution in [-0.4, -0.2) is 35.2 Å². The van der Waals surface area contributed by atoms with Gasteiger partial charge in [0, 0.05) is 25.2 Å². The lowest BCUT2D eigenvalue weighted by Gasteiger charge is -2.41. The minimum absolute atomic E-state index is 0.325. The third kappa shape index (κ3) is 2.96. The van der Waals surface area contributed by atoms with Crippen LogP contribution in [0.15, 0.2) is 0 Å². The normalized spacial score (nSPS) is 36.5. The van der Waals surface area contributed by atoms with Crippen LogP contribution in [0.2, 0.25) is 0 Å². The molecule has 1 heterocycles. The van der Waals surface area contributed by atoms with E-state index in [1.54, 1.807) is 0 Å². The van der Waals surface area contributed by atoms with Crippen molar-refractivity contribution < 1.29 is 5.11 Å². The first-order valence-electron chi connectivity index (χ1n) is 5.51. The van der Waals surface area contributed by atoms with E-state index in [0.717, 1.165) is 18.9 Å². The number of rotatable bonds is 3. The Hall–Kier alpha value is -0.0800. The molecule has 1 N–H and O–H groups in total. The molecule has 78 valence electrons. The summed E-state index contributed by atoms with van der Waals surface area (Å²) in [7, 11) is 0. The summed E-state index contributed by atoms with van der Waals surface area (Å²) in [6, 6.07) is 1.40. The molecule has 0 radical (unpaired) electrons. The highest BCUT2D eigenvalue weighted by atomic mass is 16.3. The molecule has 0 aromatic carbocycles. The summed E-state index contributed by atoms with van der Waals surface area (Å²) in [4.78, 5) is 2.54. The molecule has 1 aliphatic rings. The Kier molecular flexibility index (Phi) is 4.20. The zero-order valence-corrected chi connectivity index (χ0v) is 9.16. The second-order valence-electron chi connectivity index (χ2n) is 4.59. The van der Waals surface area contributed by atoms with E-state index in [0.29, 0.717) is 18.7 Å². The minimum atomic E-state index is 0.325. The van der Waals surface area contributed by atoms with Gasteiger partial charge in [0.15, 0.2) is 0 Å². The summed E-state index contributed by atoms with van der Waals surface area (Å²) >= 11 is 0. The molecule has 0 amide bonds. The Bertz CT molecular complexity index is 137. The van der Waals surface area contributed by atoms with Crippen LogP contribution in [0.4, 0.5) is 0 Å². The average Bonchev–Trinajstić information content (AvgIpc) is 2.02. The Labute approximate surface area is 81.9 Å². The minimum Gasteiger partial charge on any atom is -0.396 e. The maximum absolute atomic E-state index is 8.79. The van der Waals surface area contributed by atoms with Gasteiger partial charge in [0.2, 0.25) is 0 Å². The van der Waals surface area contributed by atoms with Crippen molar-refractivity contribution in [3.63, 3.8) is 0 Å². The van der Waals surface area contributed by atoms with Crippen molar-refractivity contribution >= 4 is 0 Å². The molecule has 0 aliphatic carbocycles. The van der Waals surface area contributed by atoms with Crippen molar-refractivity contribution in [1.29, 1.82) is 0 Å². The largest absolute Gasteiger partial charge is 0.396 e. The highest BCUT2D eigenvalue weighted by Gasteiger charge is 2.27. The molecule has 2 nitrogen and oxygen atoms in total. The first-order valence-corrected chi connectivity index (χ1v) is 5.51. The maximum atomic E-state index is 8.79. The summed E-state index contributed by atoms with van der Waals surface area (Å²) in [5.41, 5.74) is 0. The van der Waals surface area contributed by atoms with Crippen LogP contribution >= 0.6 is 0 Å². The molecule has 1 saturated heterocycles. The van der Waals surface area contributed by atoms with Gasteiger partial charge >= 0.3 is 0 Å². The number of hydrogen-bond donors (Lipinski definition) is 1. The maximum Gasteiger partial charge on any atom is 0.0443 e. The van der Waals surface area contributed by atoms with Crippen LogP contribution in [0.3, 0.4) is 0 Å². The van der Waals surface area contributed by atoms with Crippen molar-refractivity contribution in [2.24, 2.45) is 5.92 Å². The van der Waals surface area contributed by atoms with Crippen LogP contribution in [0.5, 0.6) is 0 Å². The van der Waals surface area contributed by atoms with E-state index in [1.807, 2.05) is 0 Å². The van der Waals surface area contributed by atoms with Crippen molar-refractivity contribution in [2.75, 3.05) is 13.2 Å². The number of nitrogens with zero attached hydrogens (tertiary/aromatic N) is 1. The van der Waals surface area contributed by atoms with Crippen LogP contribution in [-0.2, 0) is 0 Å². The SMILES string of the molecule is CC1CC(C)N(CCCO)C(C)C1. The molecule has 2 heteroatoms. The van der Waals surface area contributed by atoms with Gasteiger partial charge < -0.3 is 5.11 Å². The lowest BCUT2D eigenvalue weighted by atomic mass is 9.88. The molecule has 1 fully saturated rings. The van der Waals surface area contributed by atoms with Gasteiger partial charge in [0.1, 0.15) is 0 Å². The Morgan fingerprint density at radius 3 is 2.15 bits per heavy atom. The lowest BCUT2D eigenvalue weighted by molar-refractivity contribution is 0.0690. The molecular formula is C11H23NO. The van der Waals surface area contributed by atoms with Gasteiger partial charge in [0.05, 0.1) is 0 Å². The van der Waals surface area contributed by atoms with Gasteiger partial charge in [-0.2, -0.15) is 0 Å². The Morgan fingerprint density at radius 1 is 1.15 bits per heavy atom. The fourth-order valence-corrected chi connectivity index (χ4v) is 2.66. The summed E-state index contributed by atoms with van der Waals surface area (Å²) < 4.78 is 0. The second-order valence-corrected chi connectivity index (χ2v) is 4.59. The van der Waals surface area contributed by atoms with Gasteiger partial charge in [-0.3, -0.25) is 4.90 Å². The average molecular weight is 185 g/mol. The summed E-state index contributed by atoms with van der Waals surface area (Å²) in [6.45, 7) is 8.35. The predicted molar refractivity (Wildman–Crippen MR) is 55.7 cm³/mol. The van der Waals surface area contributed by atoms with Crippen molar-refractivity contribution in [1.82, 2.24) is 4.90 Å². The van der Waals surface area contributed by atoms with Crippen molar-refractivity contribution in [3.8, 4) is 0 Å². The van der Waals surface area contributed by atoms with Crippen molar-refractivity contribution in [3.05, 3.63) is 0 Å². The number of likely N-dealkylation sites (tertiary alicyclic amines) is 1. The molecule has 1 rings (SSSR count). The molecule has 1 aliphatic heterocycles. The standard InChI is InChI=1S/C11H23NO/c1-9-7-10(2)12(5-4-6-13)11(3)8-9/h9-11,13H,4-8H2,1-3H3. The van der Waals surface area contributed by atoms with Gasteiger partial charge in [0.25, 0.3) is 0 Å². The second kappa shape index (κ2) is 4.97. The lowest BCUT2D eigenvalue weighted by Crippen LogP contribution is -2.46. The van der Waals surface area contributed by atoms with Crippen LogP contribution < -0.4 is 0 Å². The van der Waals surface area contributed by atoms with E-state index in [2.05, 4.69) is 25.7 Å². The fourth-order valence-electron chi connectivity index (χ4n) is 2.66. The number of aliphatic hydroxyl groups excluding tert-OH is 1. The third-order valence-electron chi connectivity index (χ3n) is 3.19. The predicted octanol–water partition coefficient (Wildman–Crippen LogP) is 1.88.